The molecule has 34 heavy (non-hydrogen) atoms. The zero-order chi connectivity index (χ0) is 24.5. The van der Waals surface area contributed by atoms with Crippen LogP contribution in [0.3, 0.4) is 0 Å². The van der Waals surface area contributed by atoms with E-state index in [0.717, 1.165) is 12.2 Å². The van der Waals surface area contributed by atoms with Gasteiger partial charge in [0.2, 0.25) is 0 Å². The monoisotopic (exact) mass is 468 g/mol. The summed E-state index contributed by atoms with van der Waals surface area (Å²) < 4.78 is 60.1. The summed E-state index contributed by atoms with van der Waals surface area (Å²) in [5, 5.41) is 0.870. The maximum Gasteiger partial charge on any atom is 0.573 e. The number of rotatable bonds is 6. The number of ether oxygens (including phenoxy) is 3. The molecule has 9 heteroatoms. The van der Waals surface area contributed by atoms with E-state index in [2.05, 4.69) is 17.9 Å². The molecule has 172 valence electrons. The Morgan fingerprint density at radius 2 is 1.41 bits per heavy atom. The molecule has 6 nitrogen and oxygen atoms in total. The van der Waals surface area contributed by atoms with Gasteiger partial charge in [0.15, 0.2) is 11.3 Å². The first-order valence-corrected chi connectivity index (χ1v) is 9.72. The summed E-state index contributed by atoms with van der Waals surface area (Å²) in [6, 6.07) is 13.3. The predicted molar refractivity (Wildman–Crippen MR) is 118 cm³/mol. The van der Waals surface area contributed by atoms with Gasteiger partial charge in [-0.3, -0.25) is 0 Å². The van der Waals surface area contributed by atoms with Crippen molar-refractivity contribution in [3.8, 4) is 28.4 Å². The van der Waals surface area contributed by atoms with E-state index in [1.54, 1.807) is 12.1 Å². The smallest absolute Gasteiger partial charge is 0.452 e. The van der Waals surface area contributed by atoms with Crippen molar-refractivity contribution >= 4 is 33.9 Å². The average Bonchev–Trinajstić information content (AvgIpc) is 3.17. The summed E-state index contributed by atoms with van der Waals surface area (Å²) in [5.41, 5.74) is 0.517. The minimum absolute atomic E-state index is 0.101. The van der Waals surface area contributed by atoms with Gasteiger partial charge in [-0.05, 0) is 42.0 Å². The fourth-order valence-electron chi connectivity index (χ4n) is 3.32. The lowest BCUT2D eigenvalue weighted by atomic mass is 10.0. The standard InChI is InChI=1S/C25H15F3O6/c1-3-21(29)31-15-7-5-14(6-8-15)17-11-12-19-18-10-9-16(32-22(30)4-2)13-20(18)33-23(19)24(17)34-25(26,27)28/h3-13H,1-2H2. The number of hydrogen-bond donors (Lipinski definition) is 0. The summed E-state index contributed by atoms with van der Waals surface area (Å²) in [7, 11) is 0. The maximum atomic E-state index is 13.3. The Morgan fingerprint density at radius 3 is 2.03 bits per heavy atom. The summed E-state index contributed by atoms with van der Waals surface area (Å²) in [6.45, 7) is 6.61. The highest BCUT2D eigenvalue weighted by Crippen LogP contribution is 2.44. The van der Waals surface area contributed by atoms with Gasteiger partial charge in [0.05, 0.1) is 0 Å². The molecule has 0 N–H and O–H groups in total. The van der Waals surface area contributed by atoms with Crippen LogP contribution in [0.15, 0.2) is 84.3 Å². The molecular weight excluding hydrogens is 453 g/mol. The fraction of sp³-hybridized carbons (Fsp3) is 0.0400. The Hall–Kier alpha value is -4.53. The molecule has 0 amide bonds. The van der Waals surface area contributed by atoms with Crippen LogP contribution in [0.25, 0.3) is 33.1 Å². The minimum Gasteiger partial charge on any atom is -0.452 e. The third kappa shape index (κ3) is 4.63. The molecule has 0 saturated heterocycles. The molecule has 4 aromatic rings. The van der Waals surface area contributed by atoms with Gasteiger partial charge in [0.25, 0.3) is 0 Å². The number of halogens is 3. The van der Waals surface area contributed by atoms with E-state index in [1.165, 1.54) is 42.5 Å². The van der Waals surface area contributed by atoms with Crippen molar-refractivity contribution in [2.45, 2.75) is 6.36 Å². The number of alkyl halides is 3. The second-order valence-electron chi connectivity index (χ2n) is 6.90. The molecule has 1 heterocycles. The number of benzene rings is 3. The normalized spacial score (nSPS) is 11.3. The van der Waals surface area contributed by atoms with Gasteiger partial charge in [0, 0.05) is 34.6 Å². The number of fused-ring (bicyclic) bond motifs is 3. The van der Waals surface area contributed by atoms with Crippen LogP contribution in [0.4, 0.5) is 13.2 Å². The largest absolute Gasteiger partial charge is 0.573 e. The topological polar surface area (TPSA) is 75.0 Å². The minimum atomic E-state index is -4.99. The van der Waals surface area contributed by atoms with E-state index < -0.39 is 24.1 Å². The van der Waals surface area contributed by atoms with E-state index in [9.17, 15) is 22.8 Å². The molecule has 0 atom stereocenters. The highest BCUT2D eigenvalue weighted by Gasteiger charge is 2.34. The fourth-order valence-corrected chi connectivity index (χ4v) is 3.32. The number of carbonyl (C=O) groups excluding carboxylic acids is 2. The molecule has 4 rings (SSSR count). The molecule has 0 radical (unpaired) electrons. The van der Waals surface area contributed by atoms with Crippen LogP contribution in [0.2, 0.25) is 0 Å². The van der Waals surface area contributed by atoms with E-state index >= 15 is 0 Å². The number of carbonyl (C=O) groups is 2. The van der Waals surface area contributed by atoms with Crippen molar-refractivity contribution in [3.63, 3.8) is 0 Å². The van der Waals surface area contributed by atoms with Gasteiger partial charge in [-0.1, -0.05) is 25.3 Å². The predicted octanol–water partition coefficient (Wildman–Crippen LogP) is 6.33. The molecule has 0 spiro atoms. The second kappa shape index (κ2) is 8.78. The summed E-state index contributed by atoms with van der Waals surface area (Å²) in [4.78, 5) is 22.8. The highest BCUT2D eigenvalue weighted by atomic mass is 19.4. The van der Waals surface area contributed by atoms with E-state index in [1.807, 2.05) is 0 Å². The summed E-state index contributed by atoms with van der Waals surface area (Å²) in [5.74, 6) is -1.57. The van der Waals surface area contributed by atoms with Gasteiger partial charge in [-0.2, -0.15) is 0 Å². The zero-order valence-corrected chi connectivity index (χ0v) is 17.3. The van der Waals surface area contributed by atoms with Gasteiger partial charge in [-0.25, -0.2) is 9.59 Å². The lowest BCUT2D eigenvalue weighted by molar-refractivity contribution is -0.274. The Bertz CT molecular complexity index is 1430. The van der Waals surface area contributed by atoms with Crippen LogP contribution in [0.5, 0.6) is 17.2 Å². The number of hydrogen-bond acceptors (Lipinski definition) is 6. The first-order chi connectivity index (χ1) is 16.2. The lowest BCUT2D eigenvalue weighted by Crippen LogP contribution is -2.17. The molecular formula is C25H15F3O6. The van der Waals surface area contributed by atoms with Gasteiger partial charge < -0.3 is 18.6 Å². The second-order valence-corrected chi connectivity index (χ2v) is 6.90. The van der Waals surface area contributed by atoms with Crippen molar-refractivity contribution in [3.05, 3.63) is 79.9 Å². The number of esters is 2. The van der Waals surface area contributed by atoms with Gasteiger partial charge >= 0.3 is 18.3 Å². The molecule has 1 aromatic heterocycles. The molecule has 0 fully saturated rings. The van der Waals surface area contributed by atoms with Crippen molar-refractivity contribution < 1.29 is 41.4 Å². The lowest BCUT2D eigenvalue weighted by Gasteiger charge is -2.14. The Kier molecular flexibility index (Phi) is 5.85. The molecule has 0 aliphatic heterocycles. The molecule has 0 aliphatic carbocycles. The zero-order valence-electron chi connectivity index (χ0n) is 17.3. The Morgan fingerprint density at radius 1 is 0.824 bits per heavy atom. The van der Waals surface area contributed by atoms with Crippen LogP contribution in [0, 0.1) is 0 Å². The third-order valence-corrected chi connectivity index (χ3v) is 4.72. The van der Waals surface area contributed by atoms with Crippen molar-refractivity contribution in [1.82, 2.24) is 0 Å². The van der Waals surface area contributed by atoms with Crippen LogP contribution >= 0.6 is 0 Å². The third-order valence-electron chi connectivity index (χ3n) is 4.72. The van der Waals surface area contributed by atoms with E-state index in [4.69, 9.17) is 13.9 Å². The maximum absolute atomic E-state index is 13.3. The van der Waals surface area contributed by atoms with Gasteiger partial charge in [0.1, 0.15) is 17.1 Å². The van der Waals surface area contributed by atoms with Crippen LogP contribution in [-0.4, -0.2) is 18.3 Å². The molecule has 0 unspecified atom stereocenters. The van der Waals surface area contributed by atoms with Crippen LogP contribution in [-0.2, 0) is 9.59 Å². The van der Waals surface area contributed by atoms with Crippen molar-refractivity contribution in [2.75, 3.05) is 0 Å². The van der Waals surface area contributed by atoms with Crippen LogP contribution in [0.1, 0.15) is 0 Å². The molecule has 0 saturated carbocycles. The first-order valence-electron chi connectivity index (χ1n) is 9.72. The number of furan rings is 1. The summed E-state index contributed by atoms with van der Waals surface area (Å²) >= 11 is 0. The Labute approximate surface area is 190 Å². The SMILES string of the molecule is C=CC(=O)Oc1ccc(-c2ccc3c(oc4cc(OC(=O)C=C)ccc43)c2OC(F)(F)F)cc1. The molecule has 3 aromatic carbocycles. The Balaban J connectivity index is 1.84. The molecule has 0 bridgehead atoms. The van der Waals surface area contributed by atoms with Gasteiger partial charge in [-0.15, -0.1) is 13.2 Å². The van der Waals surface area contributed by atoms with E-state index in [0.29, 0.717) is 16.3 Å². The molecule has 0 aliphatic rings. The quantitative estimate of drug-likeness (QED) is 0.187. The van der Waals surface area contributed by atoms with E-state index in [-0.39, 0.29) is 28.2 Å². The summed E-state index contributed by atoms with van der Waals surface area (Å²) in [6.07, 6.45) is -3.03. The first kappa shape index (κ1) is 22.7. The van der Waals surface area contributed by atoms with Crippen molar-refractivity contribution in [2.24, 2.45) is 0 Å². The average molecular weight is 468 g/mol. The van der Waals surface area contributed by atoms with Crippen LogP contribution < -0.4 is 14.2 Å². The van der Waals surface area contributed by atoms with Crippen molar-refractivity contribution in [1.29, 1.82) is 0 Å². The highest BCUT2D eigenvalue weighted by molar-refractivity contribution is 6.09.